The number of hydrogen-bond acceptors (Lipinski definition) is 3. The fourth-order valence-corrected chi connectivity index (χ4v) is 14.9. The van der Waals surface area contributed by atoms with E-state index in [1.165, 1.54) is 123 Å². The van der Waals surface area contributed by atoms with Crippen molar-refractivity contribution in [3.8, 4) is 0 Å². The highest BCUT2D eigenvalue weighted by molar-refractivity contribution is 7.00. The van der Waals surface area contributed by atoms with Gasteiger partial charge in [0.05, 0.1) is 11.1 Å². The van der Waals surface area contributed by atoms with Gasteiger partial charge in [-0.15, -0.1) is 0 Å². The van der Waals surface area contributed by atoms with Crippen molar-refractivity contribution in [1.82, 2.24) is 0 Å². The van der Waals surface area contributed by atoms with E-state index >= 15 is 0 Å². The summed E-state index contributed by atoms with van der Waals surface area (Å²) in [6, 6.07) is 48.9. The Kier molecular flexibility index (Phi) is 8.97. The lowest BCUT2D eigenvalue weighted by Gasteiger charge is -2.54. The number of fused-ring (bicyclic) bond motifs is 10. The van der Waals surface area contributed by atoms with Crippen LogP contribution in [-0.2, 0) is 27.1 Å². The number of benzene rings is 6. The van der Waals surface area contributed by atoms with E-state index in [4.69, 9.17) is 0 Å². The van der Waals surface area contributed by atoms with Crippen LogP contribution in [-0.4, -0.2) is 17.8 Å². The molecular weight excluding hydrogens is 810 g/mol. The van der Waals surface area contributed by atoms with Gasteiger partial charge in [-0.05, 0) is 142 Å². The van der Waals surface area contributed by atoms with Crippen LogP contribution in [0, 0.1) is 0 Å². The SMILES string of the molecule is CC(C)(C)c1ccc(N2c3ccc(C(C)(C)C)cc3B3c4cc(C(C)(C)C)cc5c4N(c4cc(N6c7ccccc7C7(c8ccccc8)CCCCC67C)cc2c43)C2(C)CCCCC52C)cc1. The molecule has 6 aromatic carbocycles. The highest BCUT2D eigenvalue weighted by Gasteiger charge is 2.64. The summed E-state index contributed by atoms with van der Waals surface area (Å²) < 4.78 is 0. The third kappa shape index (κ3) is 5.65. The Balaban J connectivity index is 1.22. The van der Waals surface area contributed by atoms with Crippen molar-refractivity contribution in [3.05, 3.63) is 155 Å². The summed E-state index contributed by atoms with van der Waals surface area (Å²) in [7, 11) is 0. The predicted molar refractivity (Wildman–Crippen MR) is 287 cm³/mol. The van der Waals surface area contributed by atoms with Crippen LogP contribution >= 0.6 is 0 Å². The van der Waals surface area contributed by atoms with Crippen LogP contribution in [0.5, 0.6) is 0 Å². The minimum atomic E-state index is -0.183. The lowest BCUT2D eigenvalue weighted by atomic mass is 9.33. The summed E-state index contributed by atoms with van der Waals surface area (Å²) in [4.78, 5) is 8.49. The van der Waals surface area contributed by atoms with E-state index in [0.717, 1.165) is 12.8 Å². The molecule has 4 heteroatoms. The summed E-state index contributed by atoms with van der Waals surface area (Å²) in [5, 5.41) is 0. The van der Waals surface area contributed by atoms with E-state index in [2.05, 4.69) is 219 Å². The largest absolute Gasteiger partial charge is 0.335 e. The lowest BCUT2D eigenvalue weighted by Crippen LogP contribution is -2.65. The van der Waals surface area contributed by atoms with Crippen LogP contribution in [0.1, 0.15) is 168 Å². The summed E-state index contributed by atoms with van der Waals surface area (Å²) in [6.07, 6.45) is 9.64. The Morgan fingerprint density at radius 1 is 0.448 bits per heavy atom. The van der Waals surface area contributed by atoms with E-state index in [9.17, 15) is 0 Å². The first-order valence-corrected chi connectivity index (χ1v) is 25.9. The topological polar surface area (TPSA) is 9.72 Å². The van der Waals surface area contributed by atoms with E-state index in [1.807, 2.05) is 0 Å². The molecule has 67 heavy (non-hydrogen) atoms. The van der Waals surface area contributed by atoms with Gasteiger partial charge in [0, 0.05) is 50.6 Å². The van der Waals surface area contributed by atoms with Crippen molar-refractivity contribution < 1.29 is 0 Å². The van der Waals surface area contributed by atoms with Gasteiger partial charge >= 0.3 is 0 Å². The first-order chi connectivity index (χ1) is 31.7. The van der Waals surface area contributed by atoms with Gasteiger partial charge in [-0.1, -0.05) is 180 Å². The predicted octanol–water partition coefficient (Wildman–Crippen LogP) is 14.7. The third-order valence-electron chi connectivity index (χ3n) is 18.7. The Morgan fingerprint density at radius 2 is 1.04 bits per heavy atom. The molecule has 4 unspecified atom stereocenters. The molecule has 4 heterocycles. The molecule has 6 aliphatic rings. The van der Waals surface area contributed by atoms with Crippen molar-refractivity contribution in [1.29, 1.82) is 0 Å². The standard InChI is InChI=1S/C63H72BN3/c1-57(2,3)41-26-29-45(30-27-41)65-52-31-28-43(58(4,5)6)37-49(52)64-50-38-44(59(7,8)9)36-48-56(50)67(61(11)33-19-18-32-60(48,61)10)54-40-46(39-53(65)55(54)64)66-51-25-17-16-24-47(51)63(42-22-14-13-15-23-42)35-21-20-34-62(63,66)12/h13-17,22-31,36-40H,18-21,32-35H2,1-12H3. The summed E-state index contributed by atoms with van der Waals surface area (Å²) in [6.45, 7) is 29.4. The van der Waals surface area contributed by atoms with Crippen molar-refractivity contribution in [2.45, 2.75) is 173 Å². The molecule has 0 amide bonds. The smallest absolute Gasteiger partial charge is 0.252 e. The average Bonchev–Trinajstić information content (AvgIpc) is 3.66. The first kappa shape index (κ1) is 43.1. The maximum absolute atomic E-state index is 2.96. The third-order valence-corrected chi connectivity index (χ3v) is 18.7. The second-order valence-electron chi connectivity index (χ2n) is 25.5. The van der Waals surface area contributed by atoms with Crippen LogP contribution in [0.25, 0.3) is 0 Å². The van der Waals surface area contributed by atoms with Gasteiger partial charge in [-0.25, -0.2) is 0 Å². The minimum absolute atomic E-state index is 0.00275. The molecule has 0 spiro atoms. The molecule has 6 aromatic rings. The number of para-hydroxylation sites is 1. The molecule has 4 aliphatic heterocycles. The molecule has 12 rings (SSSR count). The Hall–Kier alpha value is -5.22. The second-order valence-corrected chi connectivity index (χ2v) is 25.5. The molecular formula is C63H72BN3. The second kappa shape index (κ2) is 14.0. The van der Waals surface area contributed by atoms with Gasteiger partial charge in [0.15, 0.2) is 0 Å². The zero-order chi connectivity index (χ0) is 46.8. The maximum atomic E-state index is 2.96. The Bertz CT molecular complexity index is 3000. The van der Waals surface area contributed by atoms with Crippen molar-refractivity contribution in [2.24, 2.45) is 0 Å². The van der Waals surface area contributed by atoms with Crippen LogP contribution in [0.15, 0.2) is 121 Å². The van der Waals surface area contributed by atoms with E-state index in [1.54, 1.807) is 5.56 Å². The van der Waals surface area contributed by atoms with Crippen molar-refractivity contribution >= 4 is 62.9 Å². The molecule has 2 saturated carbocycles. The zero-order valence-electron chi connectivity index (χ0n) is 42.6. The number of anilines is 7. The monoisotopic (exact) mass is 882 g/mol. The molecule has 4 atom stereocenters. The van der Waals surface area contributed by atoms with E-state index in [0.29, 0.717) is 0 Å². The van der Waals surface area contributed by atoms with Crippen LogP contribution in [0.3, 0.4) is 0 Å². The van der Waals surface area contributed by atoms with Crippen molar-refractivity contribution in [2.75, 3.05) is 14.7 Å². The Morgan fingerprint density at radius 3 is 1.75 bits per heavy atom. The fraction of sp³-hybridized carbons (Fsp3) is 0.429. The normalized spacial score (nSPS) is 25.9. The van der Waals surface area contributed by atoms with E-state index in [-0.39, 0.29) is 44.9 Å². The summed E-state index contributed by atoms with van der Waals surface area (Å²) >= 11 is 0. The maximum Gasteiger partial charge on any atom is 0.252 e. The highest BCUT2D eigenvalue weighted by Crippen LogP contribution is 2.66. The van der Waals surface area contributed by atoms with Crippen LogP contribution in [0.2, 0.25) is 0 Å². The van der Waals surface area contributed by atoms with E-state index < -0.39 is 0 Å². The minimum Gasteiger partial charge on any atom is -0.335 e. The van der Waals surface area contributed by atoms with Crippen molar-refractivity contribution in [3.63, 3.8) is 0 Å². The number of hydrogen-bond donors (Lipinski definition) is 0. The van der Waals surface area contributed by atoms with Gasteiger partial charge < -0.3 is 14.7 Å². The lowest BCUT2D eigenvalue weighted by molar-refractivity contribution is 0.195. The number of rotatable bonds is 3. The summed E-state index contributed by atoms with van der Waals surface area (Å²) in [5.41, 5.74) is 22.2. The van der Waals surface area contributed by atoms with Gasteiger partial charge in [-0.2, -0.15) is 0 Å². The fourth-order valence-electron chi connectivity index (χ4n) is 14.9. The molecule has 0 N–H and O–H groups in total. The molecule has 0 aromatic heterocycles. The van der Waals surface area contributed by atoms with Gasteiger partial charge in [0.1, 0.15) is 0 Å². The Labute approximate surface area is 403 Å². The molecule has 2 fully saturated rings. The van der Waals surface area contributed by atoms with Crippen LogP contribution < -0.4 is 31.1 Å². The summed E-state index contributed by atoms with van der Waals surface area (Å²) in [5.74, 6) is 0. The van der Waals surface area contributed by atoms with Gasteiger partial charge in [0.2, 0.25) is 0 Å². The molecule has 0 radical (unpaired) electrons. The van der Waals surface area contributed by atoms with Gasteiger partial charge in [-0.3, -0.25) is 0 Å². The molecule has 0 saturated heterocycles. The van der Waals surface area contributed by atoms with Crippen LogP contribution in [0.4, 0.5) is 39.8 Å². The first-order valence-electron chi connectivity index (χ1n) is 25.9. The quantitative estimate of drug-likeness (QED) is 0.164. The van der Waals surface area contributed by atoms with Gasteiger partial charge in [0.25, 0.3) is 6.71 Å². The zero-order valence-corrected chi connectivity index (χ0v) is 42.6. The molecule has 3 nitrogen and oxygen atoms in total. The average molecular weight is 882 g/mol. The number of nitrogens with zero attached hydrogens (tertiary/aromatic N) is 3. The molecule has 2 aliphatic carbocycles. The molecule has 342 valence electrons. The molecule has 0 bridgehead atoms. The highest BCUT2D eigenvalue weighted by atomic mass is 15.3.